The molecule has 0 atom stereocenters. The first-order valence-electron chi connectivity index (χ1n) is 13.0. The SMILES string of the molecule is CCN1C(=O)C(C)(C)C(=O)N(C)c2cc(CCCN(CCc3cccnc3)Cc3nc(C)cs3)ccc21. The summed E-state index contributed by atoms with van der Waals surface area (Å²) in [6.45, 7) is 10.7. The summed E-state index contributed by atoms with van der Waals surface area (Å²) in [7, 11) is 1.77. The Hall–Kier alpha value is -3.10. The summed E-state index contributed by atoms with van der Waals surface area (Å²) in [5, 5.41) is 3.24. The van der Waals surface area contributed by atoms with E-state index in [1.807, 2.05) is 38.4 Å². The van der Waals surface area contributed by atoms with Crippen LogP contribution in [0.4, 0.5) is 11.4 Å². The molecule has 8 heteroatoms. The van der Waals surface area contributed by atoms with Gasteiger partial charge in [0.15, 0.2) is 0 Å². The summed E-state index contributed by atoms with van der Waals surface area (Å²) in [6, 6.07) is 10.3. The average Bonchev–Trinajstić information content (AvgIpc) is 3.30. The predicted molar refractivity (Wildman–Crippen MR) is 150 cm³/mol. The zero-order valence-electron chi connectivity index (χ0n) is 22.5. The van der Waals surface area contributed by atoms with Crippen molar-refractivity contribution < 1.29 is 9.59 Å². The van der Waals surface area contributed by atoms with E-state index in [1.54, 1.807) is 42.0 Å². The highest BCUT2D eigenvalue weighted by molar-refractivity contribution is 7.09. The zero-order chi connectivity index (χ0) is 26.6. The van der Waals surface area contributed by atoms with Crippen LogP contribution < -0.4 is 9.80 Å². The number of fused-ring (bicyclic) bond motifs is 1. The number of nitrogens with zero attached hydrogens (tertiary/aromatic N) is 5. The number of hydrogen-bond acceptors (Lipinski definition) is 6. The smallest absolute Gasteiger partial charge is 0.242 e. The molecule has 0 bridgehead atoms. The van der Waals surface area contributed by atoms with Gasteiger partial charge in [-0.15, -0.1) is 11.3 Å². The van der Waals surface area contributed by atoms with Crippen molar-refractivity contribution in [3.8, 4) is 0 Å². The molecule has 7 nitrogen and oxygen atoms in total. The number of anilines is 2. The normalized spacial score (nSPS) is 15.3. The van der Waals surface area contributed by atoms with E-state index in [0.717, 1.165) is 61.0 Å². The van der Waals surface area contributed by atoms with Gasteiger partial charge in [-0.25, -0.2) is 4.98 Å². The van der Waals surface area contributed by atoms with Crippen molar-refractivity contribution in [3.63, 3.8) is 0 Å². The number of carbonyl (C=O) groups is 2. The Labute approximate surface area is 224 Å². The van der Waals surface area contributed by atoms with E-state index in [4.69, 9.17) is 0 Å². The second-order valence-electron chi connectivity index (χ2n) is 10.2. The number of pyridine rings is 1. The Morgan fingerprint density at radius 3 is 2.51 bits per heavy atom. The van der Waals surface area contributed by atoms with Crippen molar-refractivity contribution in [1.82, 2.24) is 14.9 Å². The Balaban J connectivity index is 1.46. The van der Waals surface area contributed by atoms with Gasteiger partial charge in [-0.2, -0.15) is 0 Å². The van der Waals surface area contributed by atoms with E-state index >= 15 is 0 Å². The van der Waals surface area contributed by atoms with Gasteiger partial charge in [0.25, 0.3) is 0 Å². The minimum Gasteiger partial charge on any atom is -0.313 e. The summed E-state index contributed by atoms with van der Waals surface area (Å²) in [4.78, 5) is 41.0. The first-order chi connectivity index (χ1) is 17.7. The molecule has 37 heavy (non-hydrogen) atoms. The summed E-state index contributed by atoms with van der Waals surface area (Å²) in [5.41, 5.74) is 3.98. The number of aromatic nitrogens is 2. The van der Waals surface area contributed by atoms with Crippen molar-refractivity contribution in [3.05, 3.63) is 69.9 Å². The summed E-state index contributed by atoms with van der Waals surface area (Å²) in [5.74, 6) is -0.327. The maximum Gasteiger partial charge on any atom is 0.242 e. The van der Waals surface area contributed by atoms with Crippen LogP contribution in [0.2, 0.25) is 0 Å². The fourth-order valence-corrected chi connectivity index (χ4v) is 5.69. The highest BCUT2D eigenvalue weighted by atomic mass is 32.1. The van der Waals surface area contributed by atoms with Gasteiger partial charge in [0.05, 0.1) is 17.9 Å². The number of hydrogen-bond donors (Lipinski definition) is 0. The van der Waals surface area contributed by atoms with E-state index in [9.17, 15) is 9.59 Å². The molecule has 0 saturated carbocycles. The van der Waals surface area contributed by atoms with E-state index in [1.165, 1.54) is 11.1 Å². The number of carbonyl (C=O) groups excluding carboxylic acids is 2. The molecular formula is C29H37N5O2S. The van der Waals surface area contributed by atoms with Crippen LogP contribution >= 0.6 is 11.3 Å². The van der Waals surface area contributed by atoms with Gasteiger partial charge >= 0.3 is 0 Å². The van der Waals surface area contributed by atoms with Crippen molar-refractivity contribution in [1.29, 1.82) is 0 Å². The highest BCUT2D eigenvalue weighted by Gasteiger charge is 2.45. The third kappa shape index (κ3) is 6.08. The van der Waals surface area contributed by atoms with Crippen molar-refractivity contribution in [2.45, 2.75) is 53.5 Å². The molecule has 0 spiro atoms. The largest absolute Gasteiger partial charge is 0.313 e. The van der Waals surface area contributed by atoms with Crippen LogP contribution in [0.25, 0.3) is 0 Å². The molecule has 0 radical (unpaired) electrons. The Bertz CT molecular complexity index is 1240. The highest BCUT2D eigenvalue weighted by Crippen LogP contribution is 2.38. The number of rotatable bonds is 10. The second kappa shape index (κ2) is 11.5. The third-order valence-electron chi connectivity index (χ3n) is 7.03. The van der Waals surface area contributed by atoms with Crippen LogP contribution in [-0.4, -0.2) is 53.4 Å². The maximum atomic E-state index is 13.1. The fourth-order valence-electron chi connectivity index (χ4n) is 4.88. The van der Waals surface area contributed by atoms with Crippen molar-refractivity contribution in [2.24, 2.45) is 5.41 Å². The van der Waals surface area contributed by atoms with Gasteiger partial charge in [-0.05, 0) is 82.8 Å². The maximum absolute atomic E-state index is 13.1. The van der Waals surface area contributed by atoms with Gasteiger partial charge < -0.3 is 9.80 Å². The molecule has 0 saturated heterocycles. The lowest BCUT2D eigenvalue weighted by Crippen LogP contribution is -2.47. The minimum atomic E-state index is -1.09. The monoisotopic (exact) mass is 519 g/mol. The van der Waals surface area contributed by atoms with Crippen LogP contribution in [0.3, 0.4) is 0 Å². The zero-order valence-corrected chi connectivity index (χ0v) is 23.3. The molecule has 2 amide bonds. The summed E-state index contributed by atoms with van der Waals surface area (Å²) >= 11 is 1.71. The van der Waals surface area contributed by atoms with Gasteiger partial charge in [-0.3, -0.25) is 19.5 Å². The van der Waals surface area contributed by atoms with Gasteiger partial charge in [0.2, 0.25) is 11.8 Å². The van der Waals surface area contributed by atoms with Crippen molar-refractivity contribution >= 4 is 34.5 Å². The number of benzene rings is 1. The summed E-state index contributed by atoms with van der Waals surface area (Å²) < 4.78 is 0. The Kier molecular flexibility index (Phi) is 8.39. The van der Waals surface area contributed by atoms with Gasteiger partial charge in [0, 0.05) is 43.6 Å². The minimum absolute atomic E-state index is 0.153. The molecule has 2 aromatic heterocycles. The lowest BCUT2D eigenvalue weighted by molar-refractivity contribution is -0.137. The Morgan fingerprint density at radius 1 is 1.03 bits per heavy atom. The molecule has 1 aliphatic rings. The second-order valence-corrected chi connectivity index (χ2v) is 11.2. The van der Waals surface area contributed by atoms with E-state index in [0.29, 0.717) is 6.54 Å². The molecule has 1 aromatic carbocycles. The standard InChI is InChI=1S/C29H37N5O2S/c1-6-34-24-12-11-22(17-25(24)32(5)27(35)29(3,4)28(34)36)10-8-15-33(19-26-31-21(2)20-37-26)16-13-23-9-7-14-30-18-23/h7,9,11-12,14,17-18,20H,6,8,10,13,15-16,19H2,1-5H3. The first-order valence-corrected chi connectivity index (χ1v) is 13.8. The molecule has 0 unspecified atom stereocenters. The molecule has 4 rings (SSSR count). The molecule has 3 heterocycles. The molecule has 0 aliphatic carbocycles. The average molecular weight is 520 g/mol. The molecule has 0 fully saturated rings. The fraction of sp³-hybridized carbons (Fsp3) is 0.448. The van der Waals surface area contributed by atoms with Crippen LogP contribution in [0.15, 0.2) is 48.1 Å². The van der Waals surface area contributed by atoms with Crippen LogP contribution in [0, 0.1) is 12.3 Å². The van der Waals surface area contributed by atoms with Crippen LogP contribution in [0.5, 0.6) is 0 Å². The summed E-state index contributed by atoms with van der Waals surface area (Å²) in [6.07, 6.45) is 6.56. The third-order valence-corrected chi connectivity index (χ3v) is 7.98. The van der Waals surface area contributed by atoms with Crippen LogP contribution in [-0.2, 0) is 29.0 Å². The van der Waals surface area contributed by atoms with Gasteiger partial charge in [-0.1, -0.05) is 12.1 Å². The molecule has 196 valence electrons. The lowest BCUT2D eigenvalue weighted by Gasteiger charge is -2.27. The topological polar surface area (TPSA) is 69.6 Å². The first kappa shape index (κ1) is 26.9. The number of amides is 2. The molecule has 3 aromatic rings. The van der Waals surface area contributed by atoms with Crippen molar-refractivity contribution in [2.75, 3.05) is 36.5 Å². The lowest BCUT2D eigenvalue weighted by atomic mass is 9.90. The molecule has 0 N–H and O–H groups in total. The number of aryl methyl sites for hydroxylation is 2. The Morgan fingerprint density at radius 2 is 1.84 bits per heavy atom. The number of thiazole rings is 1. The van der Waals surface area contributed by atoms with E-state index in [-0.39, 0.29) is 11.8 Å². The predicted octanol–water partition coefficient (Wildman–Crippen LogP) is 4.88. The van der Waals surface area contributed by atoms with Gasteiger partial charge in [0.1, 0.15) is 10.4 Å². The molecular weight excluding hydrogens is 482 g/mol. The van der Waals surface area contributed by atoms with E-state index < -0.39 is 5.41 Å². The van der Waals surface area contributed by atoms with Crippen LogP contribution in [0.1, 0.15) is 49.0 Å². The molecule has 1 aliphatic heterocycles. The quantitative estimate of drug-likeness (QED) is 0.357. The van der Waals surface area contributed by atoms with E-state index in [2.05, 4.69) is 38.4 Å².